The number of piperidine rings is 1. The van der Waals surface area contributed by atoms with Gasteiger partial charge in [0, 0.05) is 31.5 Å². The molecule has 8 heteroatoms. The average Bonchev–Trinajstić information content (AvgIpc) is 2.93. The molecular formula is C30H42N4O4. The number of pyridine rings is 1. The molecule has 0 aliphatic carbocycles. The molecule has 1 fully saturated rings. The molecule has 2 aliphatic heterocycles. The van der Waals surface area contributed by atoms with Crippen molar-refractivity contribution < 1.29 is 19.4 Å². The average molecular weight is 523 g/mol. The summed E-state index contributed by atoms with van der Waals surface area (Å²) < 4.78 is 5.50. The topological polar surface area (TPSA) is 95.0 Å². The van der Waals surface area contributed by atoms with Gasteiger partial charge in [-0.15, -0.1) is 0 Å². The molecule has 3 heterocycles. The second-order valence-corrected chi connectivity index (χ2v) is 11.8. The van der Waals surface area contributed by atoms with E-state index in [1.54, 1.807) is 0 Å². The number of nitrogens with zero attached hydrogens (tertiary/aromatic N) is 3. The molecule has 1 aromatic carbocycles. The van der Waals surface area contributed by atoms with Gasteiger partial charge in [-0.2, -0.15) is 0 Å². The summed E-state index contributed by atoms with van der Waals surface area (Å²) in [6.45, 7) is 13.5. The first-order valence-corrected chi connectivity index (χ1v) is 13.7. The molecule has 0 bridgehead atoms. The zero-order valence-electron chi connectivity index (χ0n) is 23.6. The first kappa shape index (κ1) is 27.9. The molecule has 0 radical (unpaired) electrons. The van der Waals surface area contributed by atoms with Crippen LogP contribution in [0.4, 0.5) is 16.2 Å². The number of aliphatic hydroxyl groups excluding tert-OH is 1. The lowest BCUT2D eigenvalue weighted by Gasteiger charge is -2.38. The van der Waals surface area contributed by atoms with Gasteiger partial charge in [-0.05, 0) is 63.6 Å². The molecule has 3 unspecified atom stereocenters. The van der Waals surface area contributed by atoms with Gasteiger partial charge in [0.2, 0.25) is 5.91 Å². The van der Waals surface area contributed by atoms with Crippen molar-refractivity contribution in [2.24, 2.45) is 5.92 Å². The molecule has 0 spiro atoms. The Balaban J connectivity index is 1.75. The number of carbonyl (C=O) groups is 2. The van der Waals surface area contributed by atoms with E-state index in [9.17, 15) is 14.7 Å². The molecule has 0 saturated carbocycles. The molecule has 2 aromatic rings. The number of fused-ring (bicyclic) bond motifs is 1. The molecule has 2 aliphatic rings. The van der Waals surface area contributed by atoms with E-state index in [0.29, 0.717) is 25.2 Å². The normalized spacial score (nSPS) is 22.1. The third-order valence-electron chi connectivity index (χ3n) is 7.64. The van der Waals surface area contributed by atoms with Crippen LogP contribution in [-0.4, -0.2) is 46.8 Å². The van der Waals surface area contributed by atoms with Gasteiger partial charge in [0.05, 0.1) is 35.9 Å². The van der Waals surface area contributed by atoms with Crippen molar-refractivity contribution in [3.63, 3.8) is 0 Å². The first-order chi connectivity index (χ1) is 18.0. The standard InChI is InChI=1S/C30H42N4O4/c1-19-10-7-8-11-22(19)16-34-26(36)14-20(2)21(3)27-28(34)25(15-24(18-35)31-27)33-13-9-12-23(17-33)32-29(37)38-30(4,5)6/h7-8,10-11,15,20-21,23,35H,9,12-14,16-18H2,1-6H3,(H,32,37). The molecule has 1 saturated heterocycles. The maximum Gasteiger partial charge on any atom is 0.407 e. The Kier molecular flexibility index (Phi) is 8.31. The van der Waals surface area contributed by atoms with E-state index in [4.69, 9.17) is 9.72 Å². The number of alkyl carbamates (subject to hydrolysis) is 1. The summed E-state index contributed by atoms with van der Waals surface area (Å²) >= 11 is 0. The zero-order chi connectivity index (χ0) is 27.6. The summed E-state index contributed by atoms with van der Waals surface area (Å²) in [6, 6.07) is 9.96. The first-order valence-electron chi connectivity index (χ1n) is 13.7. The van der Waals surface area contributed by atoms with Crippen molar-refractivity contribution >= 4 is 23.4 Å². The summed E-state index contributed by atoms with van der Waals surface area (Å²) in [7, 11) is 0. The van der Waals surface area contributed by atoms with E-state index in [0.717, 1.165) is 47.6 Å². The summed E-state index contributed by atoms with van der Waals surface area (Å²) in [4.78, 5) is 35.2. The fourth-order valence-corrected chi connectivity index (χ4v) is 5.38. The van der Waals surface area contributed by atoms with Crippen LogP contribution >= 0.6 is 0 Å². The van der Waals surface area contributed by atoms with Crippen molar-refractivity contribution in [2.75, 3.05) is 22.9 Å². The Morgan fingerprint density at radius 1 is 1.24 bits per heavy atom. The van der Waals surface area contributed by atoms with Crippen LogP contribution in [0.25, 0.3) is 0 Å². The van der Waals surface area contributed by atoms with Gasteiger partial charge in [-0.25, -0.2) is 4.79 Å². The van der Waals surface area contributed by atoms with Gasteiger partial charge in [0.15, 0.2) is 0 Å². The third-order valence-corrected chi connectivity index (χ3v) is 7.64. The fourth-order valence-electron chi connectivity index (χ4n) is 5.38. The quantitative estimate of drug-likeness (QED) is 0.571. The Morgan fingerprint density at radius 3 is 2.66 bits per heavy atom. The molecule has 2 N–H and O–H groups in total. The number of nitrogens with one attached hydrogen (secondary N) is 1. The number of benzene rings is 1. The monoisotopic (exact) mass is 522 g/mol. The summed E-state index contributed by atoms with van der Waals surface area (Å²) in [5.74, 6) is 0.230. The number of anilines is 2. The number of aliphatic hydroxyl groups is 1. The van der Waals surface area contributed by atoms with Crippen LogP contribution < -0.4 is 15.1 Å². The van der Waals surface area contributed by atoms with E-state index in [1.807, 2.05) is 43.9 Å². The Morgan fingerprint density at radius 2 is 1.97 bits per heavy atom. The molecule has 8 nitrogen and oxygen atoms in total. The molecule has 1 aromatic heterocycles. The van der Waals surface area contributed by atoms with Gasteiger partial charge in [0.25, 0.3) is 0 Å². The number of carbonyl (C=O) groups excluding carboxylic acids is 2. The van der Waals surface area contributed by atoms with Crippen molar-refractivity contribution in [2.45, 2.75) is 91.5 Å². The second-order valence-electron chi connectivity index (χ2n) is 11.8. The SMILES string of the molecule is Cc1ccccc1CN1C(=O)CC(C)C(C)c2nc(CO)cc(N3CCCC(NC(=O)OC(C)(C)C)C3)c21. The van der Waals surface area contributed by atoms with E-state index >= 15 is 0 Å². The third kappa shape index (κ3) is 6.29. The molecule has 206 valence electrons. The molecule has 2 amide bonds. The smallest absolute Gasteiger partial charge is 0.407 e. The van der Waals surface area contributed by atoms with Crippen LogP contribution in [0.2, 0.25) is 0 Å². The minimum Gasteiger partial charge on any atom is -0.444 e. The summed E-state index contributed by atoms with van der Waals surface area (Å²) in [5.41, 5.74) is 4.80. The molecule has 38 heavy (non-hydrogen) atoms. The fraction of sp³-hybridized carbons (Fsp3) is 0.567. The predicted molar refractivity (Wildman–Crippen MR) is 149 cm³/mol. The van der Waals surface area contributed by atoms with Crippen molar-refractivity contribution in [3.05, 3.63) is 52.8 Å². The maximum atomic E-state index is 13.7. The van der Waals surface area contributed by atoms with Gasteiger partial charge >= 0.3 is 6.09 Å². The number of rotatable bonds is 5. The summed E-state index contributed by atoms with van der Waals surface area (Å²) in [5, 5.41) is 13.1. The number of ether oxygens (including phenoxy) is 1. The highest BCUT2D eigenvalue weighted by Crippen LogP contribution is 2.44. The number of hydrogen-bond donors (Lipinski definition) is 2. The minimum absolute atomic E-state index is 0.0431. The number of hydrogen-bond acceptors (Lipinski definition) is 6. The highest BCUT2D eigenvalue weighted by atomic mass is 16.6. The van der Waals surface area contributed by atoms with Crippen LogP contribution in [0.1, 0.15) is 82.3 Å². The van der Waals surface area contributed by atoms with Crippen molar-refractivity contribution in [1.82, 2.24) is 10.3 Å². The van der Waals surface area contributed by atoms with Gasteiger partial charge in [-0.1, -0.05) is 38.1 Å². The maximum absolute atomic E-state index is 13.7. The van der Waals surface area contributed by atoms with E-state index in [2.05, 4.69) is 43.1 Å². The van der Waals surface area contributed by atoms with Crippen molar-refractivity contribution in [1.29, 1.82) is 0 Å². The number of aromatic nitrogens is 1. The van der Waals surface area contributed by atoms with Gasteiger partial charge in [0.1, 0.15) is 5.60 Å². The predicted octanol–water partition coefficient (Wildman–Crippen LogP) is 5.05. The van der Waals surface area contributed by atoms with Crippen LogP contribution in [0.15, 0.2) is 30.3 Å². The van der Waals surface area contributed by atoms with Gasteiger partial charge in [-0.3, -0.25) is 9.78 Å². The van der Waals surface area contributed by atoms with E-state index < -0.39 is 11.7 Å². The number of aryl methyl sites for hydroxylation is 1. The largest absolute Gasteiger partial charge is 0.444 e. The Bertz CT molecular complexity index is 1180. The van der Waals surface area contributed by atoms with E-state index in [-0.39, 0.29) is 30.4 Å². The van der Waals surface area contributed by atoms with E-state index in [1.165, 1.54) is 0 Å². The zero-order valence-corrected chi connectivity index (χ0v) is 23.6. The lowest BCUT2D eigenvalue weighted by molar-refractivity contribution is -0.119. The number of amides is 2. The molecule has 3 atom stereocenters. The lowest BCUT2D eigenvalue weighted by atomic mass is 9.89. The summed E-state index contributed by atoms with van der Waals surface area (Å²) in [6.07, 6.45) is 1.73. The van der Waals surface area contributed by atoms with Crippen molar-refractivity contribution in [3.8, 4) is 0 Å². The van der Waals surface area contributed by atoms with Crippen LogP contribution in [0.3, 0.4) is 0 Å². The highest BCUT2D eigenvalue weighted by Gasteiger charge is 2.36. The molecule has 4 rings (SSSR count). The highest BCUT2D eigenvalue weighted by molar-refractivity contribution is 5.99. The Hall–Kier alpha value is -3.13. The molecular weight excluding hydrogens is 480 g/mol. The second kappa shape index (κ2) is 11.3. The lowest BCUT2D eigenvalue weighted by Crippen LogP contribution is -2.49. The Labute approximate surface area is 226 Å². The van der Waals surface area contributed by atoms with Crippen LogP contribution in [0, 0.1) is 12.8 Å². The van der Waals surface area contributed by atoms with Crippen LogP contribution in [-0.2, 0) is 22.7 Å². The minimum atomic E-state index is -0.569. The van der Waals surface area contributed by atoms with Gasteiger partial charge < -0.3 is 25.0 Å². The van der Waals surface area contributed by atoms with Crippen LogP contribution in [0.5, 0.6) is 0 Å².